The van der Waals surface area contributed by atoms with Crippen molar-refractivity contribution in [2.75, 3.05) is 0 Å². The Morgan fingerprint density at radius 2 is 1.60 bits per heavy atom. The zero-order chi connectivity index (χ0) is 7.40. The highest BCUT2D eigenvalue weighted by Gasteiger charge is 2.16. The van der Waals surface area contributed by atoms with Crippen LogP contribution >= 0.6 is 0 Å². The van der Waals surface area contributed by atoms with E-state index >= 15 is 0 Å². The van der Waals surface area contributed by atoms with Crippen molar-refractivity contribution < 1.29 is 5.11 Å². The topological polar surface area (TPSA) is 20.2 Å². The molecule has 0 saturated heterocycles. The number of aliphatic hydroxyl groups excluding tert-OH is 1. The minimum Gasteiger partial charge on any atom is -0.393 e. The Bertz CT molecular complexity index is 80.7. The molecule has 0 heterocycles. The van der Waals surface area contributed by atoms with Crippen molar-refractivity contribution in [3.63, 3.8) is 0 Å². The van der Waals surface area contributed by atoms with Gasteiger partial charge in [-0.3, -0.25) is 0 Å². The average molecular weight is 142 g/mol. The van der Waals surface area contributed by atoms with E-state index in [0.29, 0.717) is 5.92 Å². The van der Waals surface area contributed by atoms with Gasteiger partial charge in [-0.2, -0.15) is 0 Å². The molecule has 1 N–H and O–H groups in total. The van der Waals surface area contributed by atoms with Gasteiger partial charge in [-0.1, -0.05) is 25.7 Å². The van der Waals surface area contributed by atoms with E-state index in [0.717, 1.165) is 0 Å². The van der Waals surface area contributed by atoms with Crippen molar-refractivity contribution in [1.82, 2.24) is 0 Å². The predicted molar refractivity (Wildman–Crippen MR) is 42.9 cm³/mol. The van der Waals surface area contributed by atoms with Crippen LogP contribution in [0.3, 0.4) is 0 Å². The lowest BCUT2D eigenvalue weighted by molar-refractivity contribution is 0.116. The van der Waals surface area contributed by atoms with Crippen molar-refractivity contribution in [2.45, 2.75) is 51.6 Å². The first-order valence-corrected chi connectivity index (χ1v) is 4.49. The zero-order valence-electron chi connectivity index (χ0n) is 6.84. The third-order valence-corrected chi connectivity index (χ3v) is 2.58. The van der Waals surface area contributed by atoms with E-state index in [1.165, 1.54) is 38.5 Å². The third kappa shape index (κ3) is 2.30. The molecular weight excluding hydrogens is 124 g/mol. The summed E-state index contributed by atoms with van der Waals surface area (Å²) in [6, 6.07) is 0. The van der Waals surface area contributed by atoms with Gasteiger partial charge in [-0.05, 0) is 25.7 Å². The second kappa shape index (κ2) is 3.97. The minimum atomic E-state index is -0.0712. The smallest absolute Gasteiger partial charge is 0.0540 e. The van der Waals surface area contributed by atoms with Gasteiger partial charge < -0.3 is 5.11 Å². The molecule has 0 aliphatic heterocycles. The fraction of sp³-hybridized carbons (Fsp3) is 1.00. The highest BCUT2D eigenvalue weighted by Crippen LogP contribution is 2.24. The molecule has 1 heteroatoms. The quantitative estimate of drug-likeness (QED) is 0.557. The summed E-state index contributed by atoms with van der Waals surface area (Å²) in [5.41, 5.74) is 0. The van der Waals surface area contributed by atoms with Crippen molar-refractivity contribution in [3.8, 4) is 0 Å². The SMILES string of the molecule is C[C@H](O)C1CCCCCC1. The molecule has 0 aromatic heterocycles. The Kier molecular flexibility index (Phi) is 3.20. The van der Waals surface area contributed by atoms with Crippen molar-refractivity contribution in [2.24, 2.45) is 5.92 Å². The van der Waals surface area contributed by atoms with Gasteiger partial charge >= 0.3 is 0 Å². The maximum atomic E-state index is 9.30. The van der Waals surface area contributed by atoms with Crippen LogP contribution in [0, 0.1) is 5.92 Å². The molecule has 1 nitrogen and oxygen atoms in total. The van der Waals surface area contributed by atoms with Crippen LogP contribution in [0.15, 0.2) is 0 Å². The van der Waals surface area contributed by atoms with Crippen molar-refractivity contribution in [3.05, 3.63) is 0 Å². The normalized spacial score (nSPS) is 25.8. The first-order valence-electron chi connectivity index (χ1n) is 4.49. The van der Waals surface area contributed by atoms with E-state index in [2.05, 4.69) is 0 Å². The van der Waals surface area contributed by atoms with Gasteiger partial charge in [0.25, 0.3) is 0 Å². The Morgan fingerprint density at radius 3 is 2.00 bits per heavy atom. The van der Waals surface area contributed by atoms with Crippen LogP contribution < -0.4 is 0 Å². The summed E-state index contributed by atoms with van der Waals surface area (Å²) in [6.45, 7) is 1.93. The lowest BCUT2D eigenvalue weighted by Crippen LogP contribution is -2.15. The van der Waals surface area contributed by atoms with Crippen LogP contribution in [0.5, 0.6) is 0 Å². The summed E-state index contributed by atoms with van der Waals surface area (Å²) in [7, 11) is 0. The fourth-order valence-electron chi connectivity index (χ4n) is 1.79. The average Bonchev–Trinajstić information content (AvgIpc) is 2.12. The van der Waals surface area contributed by atoms with Crippen LogP contribution in [0.1, 0.15) is 45.4 Å². The van der Waals surface area contributed by atoms with Crippen LogP contribution in [-0.4, -0.2) is 11.2 Å². The van der Waals surface area contributed by atoms with E-state index in [-0.39, 0.29) is 6.10 Å². The van der Waals surface area contributed by atoms with Crippen LogP contribution in [-0.2, 0) is 0 Å². The molecule has 1 fully saturated rings. The highest BCUT2D eigenvalue weighted by molar-refractivity contribution is 4.68. The molecule has 1 aliphatic rings. The van der Waals surface area contributed by atoms with Crippen LogP contribution in [0.25, 0.3) is 0 Å². The number of rotatable bonds is 1. The molecule has 1 rings (SSSR count). The maximum absolute atomic E-state index is 9.30. The monoisotopic (exact) mass is 142 g/mol. The molecule has 0 spiro atoms. The summed E-state index contributed by atoms with van der Waals surface area (Å²) in [5.74, 6) is 0.600. The molecule has 0 aromatic carbocycles. The summed E-state index contributed by atoms with van der Waals surface area (Å²) >= 11 is 0. The zero-order valence-corrected chi connectivity index (χ0v) is 6.84. The molecule has 10 heavy (non-hydrogen) atoms. The molecule has 1 aliphatic carbocycles. The first-order chi connectivity index (χ1) is 4.80. The lowest BCUT2D eigenvalue weighted by Gasteiger charge is -2.16. The Morgan fingerprint density at radius 1 is 1.10 bits per heavy atom. The molecule has 0 bridgehead atoms. The van der Waals surface area contributed by atoms with Gasteiger partial charge in [0.05, 0.1) is 6.10 Å². The molecule has 0 amide bonds. The van der Waals surface area contributed by atoms with E-state index in [1.807, 2.05) is 6.92 Å². The summed E-state index contributed by atoms with van der Waals surface area (Å²) < 4.78 is 0. The Labute approximate surface area is 63.4 Å². The van der Waals surface area contributed by atoms with Crippen molar-refractivity contribution in [1.29, 1.82) is 0 Å². The van der Waals surface area contributed by atoms with E-state index < -0.39 is 0 Å². The molecule has 1 saturated carbocycles. The molecule has 60 valence electrons. The third-order valence-electron chi connectivity index (χ3n) is 2.58. The van der Waals surface area contributed by atoms with Gasteiger partial charge in [0.2, 0.25) is 0 Å². The molecule has 0 radical (unpaired) electrons. The van der Waals surface area contributed by atoms with Gasteiger partial charge in [0.1, 0.15) is 0 Å². The van der Waals surface area contributed by atoms with E-state index in [1.54, 1.807) is 0 Å². The summed E-state index contributed by atoms with van der Waals surface area (Å²) in [5, 5.41) is 9.30. The standard InChI is InChI=1S/C9H18O/c1-8(10)9-6-4-2-3-5-7-9/h8-10H,2-7H2,1H3/t8-/m0/s1. The number of hydrogen-bond acceptors (Lipinski definition) is 1. The lowest BCUT2D eigenvalue weighted by atomic mass is 9.95. The summed E-state index contributed by atoms with van der Waals surface area (Å²) in [4.78, 5) is 0. The fourth-order valence-corrected chi connectivity index (χ4v) is 1.79. The van der Waals surface area contributed by atoms with Crippen LogP contribution in [0.2, 0.25) is 0 Å². The van der Waals surface area contributed by atoms with Crippen molar-refractivity contribution >= 4 is 0 Å². The molecule has 0 aromatic rings. The second-order valence-electron chi connectivity index (χ2n) is 3.49. The first kappa shape index (κ1) is 8.06. The molecule has 1 atom stereocenters. The largest absolute Gasteiger partial charge is 0.393 e. The minimum absolute atomic E-state index is 0.0712. The highest BCUT2D eigenvalue weighted by atomic mass is 16.3. The van der Waals surface area contributed by atoms with E-state index in [4.69, 9.17) is 0 Å². The predicted octanol–water partition coefficient (Wildman–Crippen LogP) is 2.34. The maximum Gasteiger partial charge on any atom is 0.0540 e. The van der Waals surface area contributed by atoms with Gasteiger partial charge in [0, 0.05) is 0 Å². The van der Waals surface area contributed by atoms with E-state index in [9.17, 15) is 5.11 Å². The second-order valence-corrected chi connectivity index (χ2v) is 3.49. The Hall–Kier alpha value is -0.0400. The van der Waals surface area contributed by atoms with Gasteiger partial charge in [-0.15, -0.1) is 0 Å². The molecule has 0 unspecified atom stereocenters. The molecular formula is C9H18O. The number of hydrogen-bond donors (Lipinski definition) is 1. The number of aliphatic hydroxyl groups is 1. The van der Waals surface area contributed by atoms with Crippen LogP contribution in [0.4, 0.5) is 0 Å². The summed E-state index contributed by atoms with van der Waals surface area (Å²) in [6.07, 6.45) is 7.84. The van der Waals surface area contributed by atoms with Gasteiger partial charge in [-0.25, -0.2) is 0 Å². The Balaban J connectivity index is 2.28. The van der Waals surface area contributed by atoms with Gasteiger partial charge in [0.15, 0.2) is 0 Å².